The van der Waals surface area contributed by atoms with Crippen LogP contribution in [0.5, 0.6) is 0 Å². The zero-order valence-electron chi connectivity index (χ0n) is 17.7. The van der Waals surface area contributed by atoms with Gasteiger partial charge in [-0.1, -0.05) is 42.3 Å². The summed E-state index contributed by atoms with van der Waals surface area (Å²) in [5.74, 6) is -0.00381. The summed E-state index contributed by atoms with van der Waals surface area (Å²) in [4.78, 5) is 31.0. The lowest BCUT2D eigenvalue weighted by atomic mass is 10.2. The van der Waals surface area contributed by atoms with Crippen LogP contribution in [0.1, 0.15) is 48.7 Å². The van der Waals surface area contributed by atoms with Crippen molar-refractivity contribution in [1.82, 2.24) is 14.5 Å². The smallest absolute Gasteiger partial charge is 0.243 e. The average Bonchev–Trinajstić information content (AvgIpc) is 3.30. The van der Waals surface area contributed by atoms with E-state index in [0.29, 0.717) is 6.04 Å². The Morgan fingerprint density at radius 1 is 1.17 bits per heavy atom. The third-order valence-electron chi connectivity index (χ3n) is 5.51. The molecule has 1 N–H and O–H groups in total. The molecule has 0 radical (unpaired) electrons. The SMILES string of the molecule is Cc1ccc(NC(=O)CN(C)C(=O)CSc2nc(C)c(C)n2C2CCCC2)cc1. The van der Waals surface area contributed by atoms with Crippen LogP contribution in [0.2, 0.25) is 0 Å². The van der Waals surface area contributed by atoms with Gasteiger partial charge in [0.25, 0.3) is 0 Å². The van der Waals surface area contributed by atoms with E-state index in [1.165, 1.54) is 48.0 Å². The van der Waals surface area contributed by atoms with Crippen molar-refractivity contribution in [3.8, 4) is 0 Å². The third-order valence-corrected chi connectivity index (χ3v) is 6.45. The summed E-state index contributed by atoms with van der Waals surface area (Å²) in [5, 5.41) is 3.74. The fourth-order valence-corrected chi connectivity index (χ4v) is 4.77. The molecule has 0 bridgehead atoms. The second kappa shape index (κ2) is 9.48. The first-order valence-corrected chi connectivity index (χ1v) is 11.1. The number of nitrogens with zero attached hydrogens (tertiary/aromatic N) is 3. The zero-order valence-corrected chi connectivity index (χ0v) is 18.5. The van der Waals surface area contributed by atoms with E-state index < -0.39 is 0 Å². The van der Waals surface area contributed by atoms with Crippen molar-refractivity contribution in [1.29, 1.82) is 0 Å². The van der Waals surface area contributed by atoms with E-state index in [1.807, 2.05) is 38.1 Å². The van der Waals surface area contributed by atoms with E-state index in [1.54, 1.807) is 7.05 Å². The van der Waals surface area contributed by atoms with Crippen molar-refractivity contribution >= 4 is 29.3 Å². The summed E-state index contributed by atoms with van der Waals surface area (Å²) >= 11 is 1.47. The number of nitrogens with one attached hydrogen (secondary N) is 1. The van der Waals surface area contributed by atoms with Gasteiger partial charge >= 0.3 is 0 Å². The quantitative estimate of drug-likeness (QED) is 0.692. The van der Waals surface area contributed by atoms with Gasteiger partial charge in [-0.15, -0.1) is 0 Å². The van der Waals surface area contributed by atoms with E-state index in [0.717, 1.165) is 22.1 Å². The number of aryl methyl sites for hydroxylation is 2. The maximum Gasteiger partial charge on any atom is 0.243 e. The molecule has 3 rings (SSSR count). The van der Waals surface area contributed by atoms with Crippen LogP contribution < -0.4 is 5.32 Å². The molecule has 0 aliphatic heterocycles. The van der Waals surface area contributed by atoms with Crippen molar-refractivity contribution in [3.63, 3.8) is 0 Å². The molecule has 0 saturated heterocycles. The van der Waals surface area contributed by atoms with Gasteiger partial charge in [-0.2, -0.15) is 0 Å². The molecule has 1 saturated carbocycles. The maximum absolute atomic E-state index is 12.6. The van der Waals surface area contributed by atoms with Gasteiger partial charge in [-0.3, -0.25) is 9.59 Å². The van der Waals surface area contributed by atoms with Gasteiger partial charge < -0.3 is 14.8 Å². The maximum atomic E-state index is 12.6. The first-order chi connectivity index (χ1) is 13.8. The van der Waals surface area contributed by atoms with Gasteiger partial charge in [0.1, 0.15) is 0 Å². The number of anilines is 1. The largest absolute Gasteiger partial charge is 0.336 e. The molecule has 1 aliphatic rings. The predicted molar refractivity (Wildman–Crippen MR) is 117 cm³/mol. The summed E-state index contributed by atoms with van der Waals surface area (Å²) in [6.07, 6.45) is 4.86. The summed E-state index contributed by atoms with van der Waals surface area (Å²) in [7, 11) is 1.66. The normalized spacial score (nSPS) is 14.2. The highest BCUT2D eigenvalue weighted by molar-refractivity contribution is 7.99. The second-order valence-electron chi connectivity index (χ2n) is 7.83. The minimum atomic E-state index is -0.200. The molecular weight excluding hydrogens is 384 g/mol. The standard InChI is InChI=1S/C22H30N4O2S/c1-15-9-11-18(12-10-15)24-20(27)13-25(4)21(28)14-29-22-23-16(2)17(3)26(22)19-7-5-6-8-19/h9-12,19H,5-8,13-14H2,1-4H3,(H,24,27). The van der Waals surface area contributed by atoms with Crippen molar-refractivity contribution in [3.05, 3.63) is 41.2 Å². The molecule has 1 aromatic carbocycles. The highest BCUT2D eigenvalue weighted by Crippen LogP contribution is 2.35. The van der Waals surface area contributed by atoms with Crippen LogP contribution in [0, 0.1) is 20.8 Å². The Morgan fingerprint density at radius 2 is 1.83 bits per heavy atom. The summed E-state index contributed by atoms with van der Waals surface area (Å²) in [6.45, 7) is 6.15. The van der Waals surface area contributed by atoms with Crippen LogP contribution >= 0.6 is 11.8 Å². The Hall–Kier alpha value is -2.28. The Morgan fingerprint density at radius 3 is 2.48 bits per heavy atom. The van der Waals surface area contributed by atoms with Crippen molar-refractivity contribution in [2.75, 3.05) is 24.7 Å². The highest BCUT2D eigenvalue weighted by Gasteiger charge is 2.24. The fourth-order valence-electron chi connectivity index (χ4n) is 3.67. The Labute approximate surface area is 177 Å². The number of imidazole rings is 1. The van der Waals surface area contributed by atoms with E-state index in [4.69, 9.17) is 0 Å². The molecule has 7 heteroatoms. The number of rotatable bonds is 7. The lowest BCUT2D eigenvalue weighted by Crippen LogP contribution is -2.36. The van der Waals surface area contributed by atoms with Gasteiger partial charge in [0.2, 0.25) is 11.8 Å². The number of likely N-dealkylation sites (N-methyl/N-ethyl adjacent to an activating group) is 1. The molecule has 0 atom stereocenters. The number of thioether (sulfide) groups is 1. The number of carbonyl (C=O) groups is 2. The minimum Gasteiger partial charge on any atom is -0.336 e. The van der Waals surface area contributed by atoms with Crippen molar-refractivity contribution < 1.29 is 9.59 Å². The van der Waals surface area contributed by atoms with Gasteiger partial charge in [-0.05, 0) is 45.7 Å². The minimum absolute atomic E-state index is 0.0301. The molecule has 29 heavy (non-hydrogen) atoms. The molecule has 6 nitrogen and oxygen atoms in total. The Balaban J connectivity index is 1.54. The first-order valence-electron chi connectivity index (χ1n) is 10.1. The molecule has 1 heterocycles. The number of hydrogen-bond acceptors (Lipinski definition) is 4. The summed E-state index contributed by atoms with van der Waals surface area (Å²) < 4.78 is 2.31. The molecular formula is C22H30N4O2S. The molecule has 2 amide bonds. The van der Waals surface area contributed by atoms with Crippen molar-refractivity contribution in [2.45, 2.75) is 57.7 Å². The second-order valence-corrected chi connectivity index (χ2v) is 8.77. The van der Waals surface area contributed by atoms with Crippen LogP contribution in [0.3, 0.4) is 0 Å². The summed E-state index contributed by atoms with van der Waals surface area (Å²) in [5.41, 5.74) is 4.09. The zero-order chi connectivity index (χ0) is 21.0. The van der Waals surface area contributed by atoms with Gasteiger partial charge in [0, 0.05) is 24.5 Å². The molecule has 1 fully saturated rings. The Bertz CT molecular complexity index is 870. The number of hydrogen-bond donors (Lipinski definition) is 1. The van der Waals surface area contributed by atoms with Crippen LogP contribution in [0.15, 0.2) is 29.4 Å². The number of amides is 2. The van der Waals surface area contributed by atoms with E-state index >= 15 is 0 Å². The van der Waals surface area contributed by atoms with Gasteiger partial charge in [-0.25, -0.2) is 4.98 Å². The monoisotopic (exact) mass is 414 g/mol. The van der Waals surface area contributed by atoms with E-state index in [-0.39, 0.29) is 24.1 Å². The van der Waals surface area contributed by atoms with Crippen LogP contribution in [-0.2, 0) is 9.59 Å². The Kier molecular flexibility index (Phi) is 7.00. The lowest BCUT2D eigenvalue weighted by molar-refractivity contribution is -0.131. The molecule has 1 aliphatic carbocycles. The number of benzene rings is 1. The number of carbonyl (C=O) groups excluding carboxylic acids is 2. The predicted octanol–water partition coefficient (Wildman–Crippen LogP) is 4.11. The highest BCUT2D eigenvalue weighted by atomic mass is 32.2. The lowest BCUT2D eigenvalue weighted by Gasteiger charge is -2.19. The topological polar surface area (TPSA) is 67.2 Å². The van der Waals surface area contributed by atoms with E-state index in [9.17, 15) is 9.59 Å². The van der Waals surface area contributed by atoms with Crippen LogP contribution in [-0.4, -0.2) is 45.6 Å². The van der Waals surface area contributed by atoms with Crippen LogP contribution in [0.25, 0.3) is 0 Å². The third kappa shape index (κ3) is 5.41. The summed E-state index contributed by atoms with van der Waals surface area (Å²) in [6, 6.07) is 8.10. The first kappa shape index (κ1) is 21.4. The molecule has 1 aromatic heterocycles. The van der Waals surface area contributed by atoms with Gasteiger partial charge in [0.15, 0.2) is 5.16 Å². The van der Waals surface area contributed by atoms with E-state index in [2.05, 4.69) is 21.8 Å². The van der Waals surface area contributed by atoms with Crippen molar-refractivity contribution in [2.24, 2.45) is 0 Å². The number of aromatic nitrogens is 2. The fraction of sp³-hybridized carbons (Fsp3) is 0.500. The average molecular weight is 415 g/mol. The molecule has 2 aromatic rings. The molecule has 156 valence electrons. The molecule has 0 unspecified atom stereocenters. The van der Waals surface area contributed by atoms with Crippen LogP contribution in [0.4, 0.5) is 5.69 Å². The van der Waals surface area contributed by atoms with Gasteiger partial charge in [0.05, 0.1) is 18.0 Å². The molecule has 0 spiro atoms.